The number of hydrogen-bond donors (Lipinski definition) is 1. The van der Waals surface area contributed by atoms with Crippen LogP contribution in [0.1, 0.15) is 12.0 Å². The van der Waals surface area contributed by atoms with E-state index in [1.165, 1.54) is 6.07 Å². The Morgan fingerprint density at radius 2 is 1.95 bits per heavy atom. The summed E-state index contributed by atoms with van der Waals surface area (Å²) in [5, 5.41) is 3.34. The molecule has 0 atom stereocenters. The molecule has 0 spiro atoms. The first-order chi connectivity index (χ1) is 8.84. The molecule has 1 fully saturated rings. The molecule has 1 aromatic rings. The molecule has 1 aliphatic heterocycles. The third-order valence-electron chi connectivity index (χ3n) is 3.15. The quantitative estimate of drug-likeness (QED) is 0.814. The molecule has 1 aliphatic rings. The summed E-state index contributed by atoms with van der Waals surface area (Å²) in [4.78, 5) is 2.42. The molecule has 0 bridgehead atoms. The summed E-state index contributed by atoms with van der Waals surface area (Å²) in [5.74, 6) is -0.164. The highest BCUT2D eigenvalue weighted by atomic mass is 35.5. The predicted molar refractivity (Wildman–Crippen MR) is 84.5 cm³/mol. The van der Waals surface area contributed by atoms with Crippen molar-refractivity contribution in [1.29, 1.82) is 0 Å². The number of halogens is 3. The first-order valence-corrected chi connectivity index (χ1v) is 6.60. The number of morpholine rings is 1. The van der Waals surface area contributed by atoms with E-state index >= 15 is 0 Å². The van der Waals surface area contributed by atoms with Crippen LogP contribution in [0.25, 0.3) is 0 Å². The smallest absolute Gasteiger partial charge is 0.123 e. The Bertz CT molecular complexity index is 363. The first-order valence-electron chi connectivity index (χ1n) is 6.60. The van der Waals surface area contributed by atoms with Gasteiger partial charge in [-0.1, -0.05) is 12.1 Å². The lowest BCUT2D eigenvalue weighted by Gasteiger charge is -2.26. The fourth-order valence-corrected chi connectivity index (χ4v) is 2.13. The van der Waals surface area contributed by atoms with Gasteiger partial charge in [0.1, 0.15) is 5.82 Å². The SMILES string of the molecule is Cl.Cl.Fc1cccc(CNCCCN2CCOCC2)c1. The number of nitrogens with one attached hydrogen (secondary N) is 1. The van der Waals surface area contributed by atoms with Crippen LogP contribution in [0.4, 0.5) is 4.39 Å². The molecule has 0 aromatic heterocycles. The number of nitrogens with zero attached hydrogens (tertiary/aromatic N) is 1. The van der Waals surface area contributed by atoms with Gasteiger partial charge in [0.05, 0.1) is 13.2 Å². The van der Waals surface area contributed by atoms with Crippen molar-refractivity contribution in [2.24, 2.45) is 0 Å². The zero-order chi connectivity index (χ0) is 12.6. The molecule has 1 N–H and O–H groups in total. The molecule has 3 nitrogen and oxygen atoms in total. The summed E-state index contributed by atoms with van der Waals surface area (Å²) in [6, 6.07) is 6.75. The molecule has 1 saturated heterocycles. The molecular formula is C14H23Cl2FN2O. The third-order valence-corrected chi connectivity index (χ3v) is 3.15. The molecule has 0 radical (unpaired) electrons. The van der Waals surface area contributed by atoms with Crippen LogP contribution in [-0.4, -0.2) is 44.3 Å². The fraction of sp³-hybridized carbons (Fsp3) is 0.571. The highest BCUT2D eigenvalue weighted by Crippen LogP contribution is 2.03. The molecule has 0 amide bonds. The molecule has 0 unspecified atom stereocenters. The Hall–Kier alpha value is -0.390. The summed E-state index contributed by atoms with van der Waals surface area (Å²) in [6.07, 6.45) is 1.12. The van der Waals surface area contributed by atoms with Gasteiger partial charge in [-0.2, -0.15) is 0 Å². The van der Waals surface area contributed by atoms with Crippen LogP contribution >= 0.6 is 24.8 Å². The maximum atomic E-state index is 12.9. The van der Waals surface area contributed by atoms with Crippen LogP contribution < -0.4 is 5.32 Å². The topological polar surface area (TPSA) is 24.5 Å². The fourth-order valence-electron chi connectivity index (χ4n) is 2.13. The summed E-state index contributed by atoms with van der Waals surface area (Å²) >= 11 is 0. The first kappa shape index (κ1) is 19.6. The predicted octanol–water partition coefficient (Wildman–Crippen LogP) is 2.48. The van der Waals surface area contributed by atoms with E-state index in [2.05, 4.69) is 10.2 Å². The zero-order valence-corrected chi connectivity index (χ0v) is 13.1. The van der Waals surface area contributed by atoms with E-state index in [0.29, 0.717) is 0 Å². The van der Waals surface area contributed by atoms with Crippen molar-refractivity contribution >= 4 is 24.8 Å². The van der Waals surface area contributed by atoms with Gasteiger partial charge in [0.2, 0.25) is 0 Å². The normalized spacial score (nSPS) is 15.2. The minimum absolute atomic E-state index is 0. The number of hydrogen-bond acceptors (Lipinski definition) is 3. The lowest BCUT2D eigenvalue weighted by Crippen LogP contribution is -2.37. The summed E-state index contributed by atoms with van der Waals surface area (Å²) in [7, 11) is 0. The Morgan fingerprint density at radius 3 is 2.65 bits per heavy atom. The van der Waals surface area contributed by atoms with Gasteiger partial charge >= 0.3 is 0 Å². The third kappa shape index (κ3) is 7.41. The van der Waals surface area contributed by atoms with Crippen molar-refractivity contribution in [3.8, 4) is 0 Å². The second-order valence-corrected chi connectivity index (χ2v) is 4.61. The van der Waals surface area contributed by atoms with E-state index in [1.807, 2.05) is 6.07 Å². The van der Waals surface area contributed by atoms with Gasteiger partial charge in [-0.15, -0.1) is 24.8 Å². The lowest BCUT2D eigenvalue weighted by atomic mass is 10.2. The van der Waals surface area contributed by atoms with Gasteiger partial charge < -0.3 is 10.1 Å². The standard InChI is InChI=1S/C14H21FN2O.2ClH/c15-14-4-1-3-13(11-14)12-16-5-2-6-17-7-9-18-10-8-17;;/h1,3-4,11,16H,2,5-10,12H2;2*1H. The summed E-state index contributed by atoms with van der Waals surface area (Å²) in [5.41, 5.74) is 1.00. The van der Waals surface area contributed by atoms with E-state index in [1.54, 1.807) is 12.1 Å². The molecule has 116 valence electrons. The minimum atomic E-state index is -0.164. The lowest BCUT2D eigenvalue weighted by molar-refractivity contribution is 0.0374. The van der Waals surface area contributed by atoms with Crippen LogP contribution in [-0.2, 0) is 11.3 Å². The molecular weight excluding hydrogens is 302 g/mol. The second-order valence-electron chi connectivity index (χ2n) is 4.61. The molecule has 1 aromatic carbocycles. The monoisotopic (exact) mass is 324 g/mol. The summed E-state index contributed by atoms with van der Waals surface area (Å²) < 4.78 is 18.2. The molecule has 20 heavy (non-hydrogen) atoms. The van der Waals surface area contributed by atoms with Crippen molar-refractivity contribution in [1.82, 2.24) is 10.2 Å². The van der Waals surface area contributed by atoms with Crippen LogP contribution in [0.2, 0.25) is 0 Å². The van der Waals surface area contributed by atoms with Gasteiger partial charge in [0.15, 0.2) is 0 Å². The Labute approximate surface area is 132 Å². The van der Waals surface area contributed by atoms with E-state index < -0.39 is 0 Å². The van der Waals surface area contributed by atoms with E-state index in [9.17, 15) is 4.39 Å². The number of benzene rings is 1. The molecule has 6 heteroatoms. The minimum Gasteiger partial charge on any atom is -0.379 e. The number of rotatable bonds is 6. The van der Waals surface area contributed by atoms with Crippen LogP contribution in [0.3, 0.4) is 0 Å². The van der Waals surface area contributed by atoms with Crippen molar-refractivity contribution in [3.05, 3.63) is 35.6 Å². The maximum Gasteiger partial charge on any atom is 0.123 e. The second kappa shape index (κ2) is 11.3. The number of ether oxygens (including phenoxy) is 1. The van der Waals surface area contributed by atoms with Gasteiger partial charge in [-0.25, -0.2) is 4.39 Å². The Kier molecular flexibility index (Phi) is 11.1. The molecule has 0 aliphatic carbocycles. The van der Waals surface area contributed by atoms with E-state index in [0.717, 1.165) is 57.9 Å². The molecule has 0 saturated carbocycles. The largest absolute Gasteiger partial charge is 0.379 e. The van der Waals surface area contributed by atoms with Crippen LogP contribution in [0, 0.1) is 5.82 Å². The molecule has 1 heterocycles. The van der Waals surface area contributed by atoms with Crippen LogP contribution in [0.15, 0.2) is 24.3 Å². The van der Waals surface area contributed by atoms with Crippen LogP contribution in [0.5, 0.6) is 0 Å². The average Bonchev–Trinajstić information content (AvgIpc) is 2.40. The van der Waals surface area contributed by atoms with Crippen molar-refractivity contribution in [3.63, 3.8) is 0 Å². The van der Waals surface area contributed by atoms with Crippen molar-refractivity contribution in [2.45, 2.75) is 13.0 Å². The van der Waals surface area contributed by atoms with E-state index in [4.69, 9.17) is 4.74 Å². The highest BCUT2D eigenvalue weighted by Gasteiger charge is 2.08. The molecule has 2 rings (SSSR count). The van der Waals surface area contributed by atoms with E-state index in [-0.39, 0.29) is 30.6 Å². The maximum absolute atomic E-state index is 12.9. The van der Waals surface area contributed by atoms with Gasteiger partial charge in [0.25, 0.3) is 0 Å². The van der Waals surface area contributed by atoms with Crippen molar-refractivity contribution < 1.29 is 9.13 Å². The average molecular weight is 325 g/mol. The highest BCUT2D eigenvalue weighted by molar-refractivity contribution is 5.85. The Balaban J connectivity index is 0.00000180. The van der Waals surface area contributed by atoms with Gasteiger partial charge in [-0.3, -0.25) is 4.90 Å². The van der Waals surface area contributed by atoms with Crippen molar-refractivity contribution in [2.75, 3.05) is 39.4 Å². The Morgan fingerprint density at radius 1 is 1.20 bits per heavy atom. The summed E-state index contributed by atoms with van der Waals surface area (Å²) in [6.45, 7) is 6.62. The zero-order valence-electron chi connectivity index (χ0n) is 11.5. The van der Waals surface area contributed by atoms with Gasteiger partial charge in [-0.05, 0) is 37.2 Å². The van der Waals surface area contributed by atoms with Gasteiger partial charge in [0, 0.05) is 19.6 Å².